The average Bonchev–Trinajstić information content (AvgIpc) is 2.69. The van der Waals surface area contributed by atoms with Gasteiger partial charge in [-0.2, -0.15) is 0 Å². The Morgan fingerprint density at radius 1 is 1.07 bits per heavy atom. The lowest BCUT2D eigenvalue weighted by Gasteiger charge is -2.15. The second kappa shape index (κ2) is 8.50. The fourth-order valence-corrected chi connectivity index (χ4v) is 2.97. The lowest BCUT2D eigenvalue weighted by Crippen LogP contribution is -2.30. The number of hydrogen-bond acceptors (Lipinski definition) is 6. The second-order valence-corrected chi connectivity index (χ2v) is 6.53. The second-order valence-electron chi connectivity index (χ2n) is 5.68. The summed E-state index contributed by atoms with van der Waals surface area (Å²) >= 11 is 3.35. The van der Waals surface area contributed by atoms with Crippen molar-refractivity contribution in [3.8, 4) is 0 Å². The van der Waals surface area contributed by atoms with E-state index >= 15 is 0 Å². The molecular weight excluding hydrogens is 408 g/mol. The van der Waals surface area contributed by atoms with E-state index in [9.17, 15) is 4.79 Å². The largest absolute Gasteiger partial charge is 0.393 e. The topological polar surface area (TPSA) is 105 Å². The molecule has 0 spiro atoms. The lowest BCUT2D eigenvalue weighted by molar-refractivity contribution is 0.0962. The predicted octanol–water partition coefficient (Wildman–Crippen LogP) is 3.88. The number of amides is 1. The number of aryl methyl sites for hydroxylation is 1. The van der Waals surface area contributed by atoms with Crippen molar-refractivity contribution in [2.75, 3.05) is 16.5 Å². The maximum atomic E-state index is 12.3. The first kappa shape index (κ1) is 18.7. The number of para-hydroxylation sites is 1. The molecule has 0 saturated carbocycles. The Kier molecular flexibility index (Phi) is 5.87. The number of hydrazine groups is 1. The number of carbonyl (C=O) groups is 1. The molecule has 27 heavy (non-hydrogen) atoms. The highest BCUT2D eigenvalue weighted by Crippen LogP contribution is 2.27. The van der Waals surface area contributed by atoms with E-state index in [0.717, 1.165) is 17.7 Å². The molecule has 138 valence electrons. The van der Waals surface area contributed by atoms with Crippen LogP contribution < -0.4 is 21.9 Å². The third-order valence-corrected chi connectivity index (χ3v) is 4.64. The standard InChI is InChI=1S/C19H19BrN6O/c1-2-12-7-3-6-10-15(12)24-17-16(21)18(23-11-22-17)25-26-19(27)13-8-4-5-9-14(13)20/h3-11H,2,21H2,1H3,(H,26,27)(H2,22,23,24,25). The van der Waals surface area contributed by atoms with Gasteiger partial charge in [0.25, 0.3) is 5.91 Å². The molecule has 2 aromatic carbocycles. The van der Waals surface area contributed by atoms with E-state index in [1.807, 2.05) is 30.3 Å². The van der Waals surface area contributed by atoms with Gasteiger partial charge in [-0.15, -0.1) is 0 Å². The van der Waals surface area contributed by atoms with Crippen molar-refractivity contribution in [3.63, 3.8) is 0 Å². The Morgan fingerprint density at radius 2 is 1.78 bits per heavy atom. The number of rotatable bonds is 6. The summed E-state index contributed by atoms with van der Waals surface area (Å²) in [4.78, 5) is 20.6. The highest BCUT2D eigenvalue weighted by Gasteiger charge is 2.12. The monoisotopic (exact) mass is 426 g/mol. The normalized spacial score (nSPS) is 10.3. The molecular formula is C19H19BrN6O. The van der Waals surface area contributed by atoms with Crippen LogP contribution in [0.3, 0.4) is 0 Å². The van der Waals surface area contributed by atoms with E-state index in [1.165, 1.54) is 6.33 Å². The van der Waals surface area contributed by atoms with Crippen LogP contribution in [0.5, 0.6) is 0 Å². The minimum Gasteiger partial charge on any atom is -0.393 e. The van der Waals surface area contributed by atoms with Crippen molar-refractivity contribution in [1.82, 2.24) is 15.4 Å². The number of aromatic nitrogens is 2. The molecule has 5 N–H and O–H groups in total. The molecule has 0 atom stereocenters. The maximum absolute atomic E-state index is 12.3. The van der Waals surface area contributed by atoms with Crippen LogP contribution in [0.25, 0.3) is 0 Å². The van der Waals surface area contributed by atoms with E-state index in [0.29, 0.717) is 27.4 Å². The number of hydrogen-bond donors (Lipinski definition) is 4. The SMILES string of the molecule is CCc1ccccc1Nc1ncnc(NNC(=O)c2ccccc2Br)c1N. The molecule has 0 aliphatic carbocycles. The third-order valence-electron chi connectivity index (χ3n) is 3.95. The summed E-state index contributed by atoms with van der Waals surface area (Å²) in [6.45, 7) is 2.08. The molecule has 0 fully saturated rings. The average molecular weight is 427 g/mol. The minimum atomic E-state index is -0.314. The third kappa shape index (κ3) is 4.35. The van der Waals surface area contributed by atoms with Crippen LogP contribution in [0.4, 0.5) is 23.0 Å². The lowest BCUT2D eigenvalue weighted by atomic mass is 10.1. The Balaban J connectivity index is 1.75. The molecule has 1 heterocycles. The summed E-state index contributed by atoms with van der Waals surface area (Å²) in [7, 11) is 0. The Morgan fingerprint density at radius 3 is 2.56 bits per heavy atom. The van der Waals surface area contributed by atoms with E-state index in [2.05, 4.69) is 49.0 Å². The fourth-order valence-electron chi connectivity index (χ4n) is 2.50. The number of benzene rings is 2. The number of carbonyl (C=O) groups excluding carboxylic acids is 1. The summed E-state index contributed by atoms with van der Waals surface area (Å²) in [5, 5.41) is 3.22. The highest BCUT2D eigenvalue weighted by atomic mass is 79.9. The van der Waals surface area contributed by atoms with Gasteiger partial charge in [-0.25, -0.2) is 9.97 Å². The van der Waals surface area contributed by atoms with Gasteiger partial charge in [0.2, 0.25) is 0 Å². The van der Waals surface area contributed by atoms with Crippen LogP contribution in [-0.2, 0) is 6.42 Å². The maximum Gasteiger partial charge on any atom is 0.270 e. The van der Waals surface area contributed by atoms with E-state index in [-0.39, 0.29) is 5.91 Å². The summed E-state index contributed by atoms with van der Waals surface area (Å²) in [5.74, 6) is 0.455. The van der Waals surface area contributed by atoms with Gasteiger partial charge in [-0.1, -0.05) is 37.3 Å². The minimum absolute atomic E-state index is 0.302. The zero-order chi connectivity index (χ0) is 19.2. The molecule has 0 aliphatic rings. The van der Waals surface area contributed by atoms with Gasteiger partial charge in [0.1, 0.15) is 12.0 Å². The molecule has 0 saturated heterocycles. The predicted molar refractivity (Wildman–Crippen MR) is 111 cm³/mol. The molecule has 0 bridgehead atoms. The molecule has 8 heteroatoms. The molecule has 0 unspecified atom stereocenters. The van der Waals surface area contributed by atoms with Crippen LogP contribution in [0, 0.1) is 0 Å². The summed E-state index contributed by atoms with van der Waals surface area (Å²) in [6, 6.07) is 15.0. The van der Waals surface area contributed by atoms with Crippen molar-refractivity contribution in [1.29, 1.82) is 0 Å². The van der Waals surface area contributed by atoms with Gasteiger partial charge in [0, 0.05) is 10.2 Å². The van der Waals surface area contributed by atoms with Crippen LogP contribution in [0.15, 0.2) is 59.3 Å². The number of halogens is 1. The number of nitrogens with two attached hydrogens (primary N) is 1. The van der Waals surface area contributed by atoms with Crippen molar-refractivity contribution < 1.29 is 4.79 Å². The molecule has 3 aromatic rings. The first-order chi connectivity index (χ1) is 13.1. The van der Waals surface area contributed by atoms with E-state index in [4.69, 9.17) is 5.73 Å². The molecule has 1 amide bonds. The van der Waals surface area contributed by atoms with Crippen molar-refractivity contribution in [3.05, 3.63) is 70.5 Å². The smallest absolute Gasteiger partial charge is 0.270 e. The highest BCUT2D eigenvalue weighted by molar-refractivity contribution is 9.10. The number of anilines is 4. The van der Waals surface area contributed by atoms with Gasteiger partial charge in [-0.05, 0) is 46.1 Å². The van der Waals surface area contributed by atoms with Gasteiger partial charge >= 0.3 is 0 Å². The molecule has 0 radical (unpaired) electrons. The first-order valence-electron chi connectivity index (χ1n) is 8.36. The number of nitrogens with zero attached hydrogens (tertiary/aromatic N) is 2. The summed E-state index contributed by atoms with van der Waals surface area (Å²) in [5.41, 5.74) is 14.4. The Hall–Kier alpha value is -3.13. The van der Waals surface area contributed by atoms with Crippen LogP contribution in [0.1, 0.15) is 22.8 Å². The number of nitrogens with one attached hydrogen (secondary N) is 3. The van der Waals surface area contributed by atoms with Crippen LogP contribution in [-0.4, -0.2) is 15.9 Å². The zero-order valence-electron chi connectivity index (χ0n) is 14.7. The molecule has 1 aromatic heterocycles. The Bertz CT molecular complexity index is 962. The van der Waals surface area contributed by atoms with Gasteiger partial charge in [0.05, 0.1) is 5.56 Å². The van der Waals surface area contributed by atoms with Gasteiger partial charge in [-0.3, -0.25) is 15.6 Å². The Labute approximate surface area is 165 Å². The van der Waals surface area contributed by atoms with Crippen LogP contribution >= 0.6 is 15.9 Å². The molecule has 3 rings (SSSR count). The van der Waals surface area contributed by atoms with Crippen LogP contribution in [0.2, 0.25) is 0 Å². The van der Waals surface area contributed by atoms with Gasteiger partial charge in [0.15, 0.2) is 11.6 Å². The molecule has 0 aliphatic heterocycles. The fraction of sp³-hybridized carbons (Fsp3) is 0.105. The quantitative estimate of drug-likeness (QED) is 0.445. The summed E-state index contributed by atoms with van der Waals surface area (Å²) < 4.78 is 0.693. The first-order valence-corrected chi connectivity index (χ1v) is 9.15. The van der Waals surface area contributed by atoms with E-state index in [1.54, 1.807) is 18.2 Å². The van der Waals surface area contributed by atoms with Crippen molar-refractivity contribution >= 4 is 44.8 Å². The van der Waals surface area contributed by atoms with Crippen molar-refractivity contribution in [2.24, 2.45) is 0 Å². The van der Waals surface area contributed by atoms with Crippen molar-refractivity contribution in [2.45, 2.75) is 13.3 Å². The zero-order valence-corrected chi connectivity index (χ0v) is 16.2. The summed E-state index contributed by atoms with van der Waals surface area (Å²) in [6.07, 6.45) is 2.25. The van der Waals surface area contributed by atoms with Gasteiger partial charge < -0.3 is 11.1 Å². The molecule has 7 nitrogen and oxygen atoms in total. The number of nitrogen functional groups attached to an aromatic ring is 1. The van der Waals surface area contributed by atoms with E-state index < -0.39 is 0 Å².